The van der Waals surface area contributed by atoms with E-state index in [4.69, 9.17) is 9.15 Å². The summed E-state index contributed by atoms with van der Waals surface area (Å²) in [6.45, 7) is 0.581. The second kappa shape index (κ2) is 7.12. The van der Waals surface area contributed by atoms with E-state index < -0.39 is 17.8 Å². The number of oxazole rings is 1. The Morgan fingerprint density at radius 2 is 2.38 bits per heavy atom. The van der Waals surface area contributed by atoms with Crippen LogP contribution in [0.5, 0.6) is 5.75 Å². The van der Waals surface area contributed by atoms with Gasteiger partial charge in [-0.15, -0.1) is 0 Å². The smallest absolute Gasteiger partial charge is 0.273 e. The van der Waals surface area contributed by atoms with Gasteiger partial charge in [0.1, 0.15) is 23.9 Å². The van der Waals surface area contributed by atoms with Gasteiger partial charge in [-0.1, -0.05) is 6.07 Å². The quantitative estimate of drug-likeness (QED) is 0.863. The van der Waals surface area contributed by atoms with Crippen molar-refractivity contribution in [3.05, 3.63) is 47.9 Å². The molecule has 2 amide bonds. The molecule has 1 aromatic carbocycles. The van der Waals surface area contributed by atoms with Crippen molar-refractivity contribution in [1.82, 2.24) is 15.6 Å². The van der Waals surface area contributed by atoms with Gasteiger partial charge in [0.25, 0.3) is 5.91 Å². The maximum Gasteiger partial charge on any atom is 0.273 e. The largest absolute Gasteiger partial charge is 0.484 e. The predicted octanol–water partition coefficient (Wildman–Crippen LogP) is 1.40. The molecule has 0 spiro atoms. The summed E-state index contributed by atoms with van der Waals surface area (Å²) < 4.78 is 23.6. The molecular weight excluding hydrogens is 317 g/mol. The number of rotatable bonds is 5. The number of benzene rings is 1. The number of carbonyl (C=O) groups is 2. The maximum absolute atomic E-state index is 13.1. The Kier molecular flexibility index (Phi) is 4.74. The highest BCUT2D eigenvalue weighted by Gasteiger charge is 2.25. The molecule has 2 heterocycles. The molecule has 0 aliphatic carbocycles. The minimum Gasteiger partial charge on any atom is -0.484 e. The second-order valence-electron chi connectivity index (χ2n) is 5.33. The highest BCUT2D eigenvalue weighted by atomic mass is 19.1. The molecule has 1 atom stereocenters. The van der Waals surface area contributed by atoms with Crippen LogP contribution in [0.15, 0.2) is 34.9 Å². The second-order valence-corrected chi connectivity index (χ2v) is 5.33. The van der Waals surface area contributed by atoms with E-state index in [1.807, 2.05) is 0 Å². The fraction of sp³-hybridized carbons (Fsp3) is 0.312. The number of piperidine rings is 1. The summed E-state index contributed by atoms with van der Waals surface area (Å²) in [4.78, 5) is 27.7. The third-order valence-electron chi connectivity index (χ3n) is 3.53. The van der Waals surface area contributed by atoms with Gasteiger partial charge in [0.2, 0.25) is 11.8 Å². The molecule has 1 aromatic heterocycles. The number of nitrogens with one attached hydrogen (secondary N) is 2. The Labute approximate surface area is 137 Å². The number of hydrogen-bond donors (Lipinski definition) is 2. The highest BCUT2D eigenvalue weighted by Crippen LogP contribution is 2.14. The van der Waals surface area contributed by atoms with E-state index in [2.05, 4.69) is 15.6 Å². The first kappa shape index (κ1) is 16.0. The molecular formula is C16H16FN3O4. The van der Waals surface area contributed by atoms with E-state index in [0.29, 0.717) is 18.7 Å². The summed E-state index contributed by atoms with van der Waals surface area (Å²) in [5, 5.41) is 5.30. The van der Waals surface area contributed by atoms with Crippen LogP contribution in [0.3, 0.4) is 0 Å². The number of aromatic nitrogens is 1. The van der Waals surface area contributed by atoms with E-state index in [1.54, 1.807) is 6.07 Å². The van der Waals surface area contributed by atoms with Crippen molar-refractivity contribution >= 4 is 11.8 Å². The average Bonchev–Trinajstić information content (AvgIpc) is 3.04. The topological polar surface area (TPSA) is 93.5 Å². The molecule has 1 fully saturated rings. The van der Waals surface area contributed by atoms with Crippen LogP contribution in [0.4, 0.5) is 4.39 Å². The Morgan fingerprint density at radius 1 is 1.50 bits per heavy atom. The average molecular weight is 333 g/mol. The third kappa shape index (κ3) is 3.89. The Bertz CT molecular complexity index is 746. The molecule has 0 bridgehead atoms. The molecule has 0 radical (unpaired) electrons. The van der Waals surface area contributed by atoms with Gasteiger partial charge in [-0.05, 0) is 25.0 Å². The molecule has 1 aliphatic heterocycles. The lowest BCUT2D eigenvalue weighted by atomic mass is 10.1. The molecule has 1 aliphatic rings. The molecule has 8 heteroatoms. The summed E-state index contributed by atoms with van der Waals surface area (Å²) in [6.07, 6.45) is 2.59. The number of ether oxygens (including phenoxy) is 1. The number of hydrogen-bond acceptors (Lipinski definition) is 5. The lowest BCUT2D eigenvalue weighted by Gasteiger charge is -2.22. The zero-order chi connectivity index (χ0) is 16.9. The van der Waals surface area contributed by atoms with Gasteiger partial charge in [-0.25, -0.2) is 9.37 Å². The Hall–Kier alpha value is -2.90. The van der Waals surface area contributed by atoms with Crippen LogP contribution < -0.4 is 15.4 Å². The van der Waals surface area contributed by atoms with Crippen LogP contribution >= 0.6 is 0 Å². The molecule has 7 nitrogen and oxygen atoms in total. The lowest BCUT2D eigenvalue weighted by Crippen LogP contribution is -2.50. The SMILES string of the molecule is O=C(N[C@H]1CCCNC1=O)c1coc(COc2cccc(F)c2)n1. The van der Waals surface area contributed by atoms with Crippen LogP contribution in [-0.2, 0) is 11.4 Å². The number of amides is 2. The zero-order valence-corrected chi connectivity index (χ0v) is 12.8. The molecule has 126 valence electrons. The van der Waals surface area contributed by atoms with Crippen LogP contribution in [0.1, 0.15) is 29.2 Å². The van der Waals surface area contributed by atoms with E-state index in [1.165, 1.54) is 24.5 Å². The maximum atomic E-state index is 13.1. The molecule has 3 rings (SSSR count). The number of nitrogens with zero attached hydrogens (tertiary/aromatic N) is 1. The van der Waals surface area contributed by atoms with Crippen molar-refractivity contribution in [2.75, 3.05) is 6.54 Å². The van der Waals surface area contributed by atoms with Crippen molar-refractivity contribution in [1.29, 1.82) is 0 Å². The van der Waals surface area contributed by atoms with Crippen molar-refractivity contribution in [3.8, 4) is 5.75 Å². The standard InChI is InChI=1S/C16H16FN3O4/c17-10-3-1-4-11(7-10)23-9-14-19-13(8-24-14)16(22)20-12-5-2-6-18-15(12)21/h1,3-4,7-8,12H,2,5-6,9H2,(H,18,21)(H,20,22)/t12-/m0/s1. The molecule has 0 saturated carbocycles. The highest BCUT2D eigenvalue weighted by molar-refractivity contribution is 5.96. The number of halogens is 1. The third-order valence-corrected chi connectivity index (χ3v) is 3.53. The van der Waals surface area contributed by atoms with E-state index in [-0.39, 0.29) is 24.1 Å². The van der Waals surface area contributed by atoms with Gasteiger partial charge in [0.05, 0.1) is 0 Å². The first-order valence-corrected chi connectivity index (χ1v) is 7.53. The summed E-state index contributed by atoms with van der Waals surface area (Å²) >= 11 is 0. The molecule has 1 saturated heterocycles. The first-order chi connectivity index (χ1) is 11.6. The minimum absolute atomic E-state index is 0.0410. The van der Waals surface area contributed by atoms with Gasteiger partial charge in [0.15, 0.2) is 12.3 Å². The van der Waals surface area contributed by atoms with Crippen molar-refractivity contribution in [2.24, 2.45) is 0 Å². The normalized spacial score (nSPS) is 17.2. The van der Waals surface area contributed by atoms with Crippen molar-refractivity contribution in [3.63, 3.8) is 0 Å². The summed E-state index contributed by atoms with van der Waals surface area (Å²) in [5.74, 6) is -0.591. The van der Waals surface area contributed by atoms with Crippen LogP contribution in [0.25, 0.3) is 0 Å². The minimum atomic E-state index is -0.560. The fourth-order valence-corrected chi connectivity index (χ4v) is 2.33. The Balaban J connectivity index is 1.56. The summed E-state index contributed by atoms with van der Waals surface area (Å²) in [7, 11) is 0. The van der Waals surface area contributed by atoms with Gasteiger partial charge in [-0.3, -0.25) is 9.59 Å². The molecule has 0 unspecified atom stereocenters. The fourth-order valence-electron chi connectivity index (χ4n) is 2.33. The molecule has 2 N–H and O–H groups in total. The van der Waals surface area contributed by atoms with Crippen LogP contribution in [-0.4, -0.2) is 29.4 Å². The van der Waals surface area contributed by atoms with E-state index in [0.717, 1.165) is 6.42 Å². The molecule has 2 aromatic rings. The van der Waals surface area contributed by atoms with Gasteiger partial charge in [-0.2, -0.15) is 0 Å². The summed E-state index contributed by atoms with van der Waals surface area (Å²) in [6, 6.07) is 5.10. The first-order valence-electron chi connectivity index (χ1n) is 7.53. The lowest BCUT2D eigenvalue weighted by molar-refractivity contribution is -0.124. The van der Waals surface area contributed by atoms with E-state index in [9.17, 15) is 14.0 Å². The van der Waals surface area contributed by atoms with E-state index >= 15 is 0 Å². The zero-order valence-electron chi connectivity index (χ0n) is 12.8. The number of carbonyl (C=O) groups excluding carboxylic acids is 2. The molecule has 24 heavy (non-hydrogen) atoms. The van der Waals surface area contributed by atoms with Crippen molar-refractivity contribution < 1.29 is 23.1 Å². The van der Waals surface area contributed by atoms with Gasteiger partial charge >= 0.3 is 0 Å². The van der Waals surface area contributed by atoms with Crippen molar-refractivity contribution in [2.45, 2.75) is 25.5 Å². The monoisotopic (exact) mass is 333 g/mol. The predicted molar refractivity (Wildman–Crippen MR) is 80.7 cm³/mol. The summed E-state index contributed by atoms with van der Waals surface area (Å²) in [5.41, 5.74) is 0.0613. The van der Waals surface area contributed by atoms with Crippen LogP contribution in [0, 0.1) is 5.82 Å². The van der Waals surface area contributed by atoms with Gasteiger partial charge in [0, 0.05) is 12.6 Å². The Morgan fingerprint density at radius 3 is 3.17 bits per heavy atom. The van der Waals surface area contributed by atoms with Crippen LogP contribution in [0.2, 0.25) is 0 Å². The van der Waals surface area contributed by atoms with Gasteiger partial charge < -0.3 is 19.8 Å².